The lowest BCUT2D eigenvalue weighted by atomic mass is 10.1. The van der Waals surface area contributed by atoms with Crippen LogP contribution in [0.1, 0.15) is 52.4 Å². The lowest BCUT2D eigenvalue weighted by Gasteiger charge is -2.24. The lowest BCUT2D eigenvalue weighted by molar-refractivity contribution is -0.134. The number of aromatic nitrogens is 2. The third-order valence-electron chi connectivity index (χ3n) is 5.95. The summed E-state index contributed by atoms with van der Waals surface area (Å²) in [6.45, 7) is 9.50. The predicted molar refractivity (Wildman–Crippen MR) is 100.0 cm³/mol. The number of para-hydroxylation sites is 2. The third kappa shape index (κ3) is 2.68. The molecule has 1 aromatic carbocycles. The molecule has 2 aromatic rings. The second kappa shape index (κ2) is 5.72. The Morgan fingerprint density at radius 3 is 2.80 bits per heavy atom. The van der Waals surface area contributed by atoms with E-state index in [-0.39, 0.29) is 17.4 Å². The molecule has 1 aromatic heterocycles. The van der Waals surface area contributed by atoms with Gasteiger partial charge in [0.25, 0.3) is 0 Å². The fourth-order valence-electron chi connectivity index (χ4n) is 4.44. The Balaban J connectivity index is 1.59. The molecule has 1 aliphatic heterocycles. The molecule has 2 fully saturated rings. The van der Waals surface area contributed by atoms with Gasteiger partial charge in [-0.05, 0) is 50.2 Å². The number of hydrogen-bond acceptors (Lipinski definition) is 2. The number of carbonyl (C=O) groups is 1. The third-order valence-corrected chi connectivity index (χ3v) is 5.95. The van der Waals surface area contributed by atoms with E-state index in [2.05, 4.69) is 43.7 Å². The zero-order chi connectivity index (χ0) is 17.8. The van der Waals surface area contributed by atoms with Gasteiger partial charge in [0.2, 0.25) is 5.91 Å². The monoisotopic (exact) mass is 337 g/mol. The largest absolute Gasteiger partial charge is 0.340 e. The minimum atomic E-state index is 0.0649. The number of likely N-dealkylation sites (tertiary alicyclic amines) is 1. The highest BCUT2D eigenvalue weighted by atomic mass is 16.2. The number of nitrogens with one attached hydrogen (secondary N) is 1. The fraction of sp³-hybridized carbons (Fsp3) is 0.524. The fourth-order valence-corrected chi connectivity index (χ4v) is 4.44. The molecular formula is C21H27N3O. The van der Waals surface area contributed by atoms with Crippen LogP contribution in [0.15, 0.2) is 35.9 Å². The quantitative estimate of drug-likeness (QED) is 0.840. The summed E-state index contributed by atoms with van der Waals surface area (Å²) in [6, 6.07) is 8.16. The van der Waals surface area contributed by atoms with Crippen LogP contribution in [0.25, 0.3) is 11.0 Å². The van der Waals surface area contributed by atoms with Crippen molar-refractivity contribution in [2.75, 3.05) is 6.54 Å². The molecule has 4 rings (SSSR count). The van der Waals surface area contributed by atoms with Crippen molar-refractivity contribution < 1.29 is 4.79 Å². The number of H-pyrrole nitrogens is 1. The molecule has 132 valence electrons. The molecule has 1 amide bonds. The van der Waals surface area contributed by atoms with Crippen molar-refractivity contribution in [2.45, 2.75) is 46.6 Å². The number of allylic oxidation sites excluding steroid dienone is 2. The molecule has 0 spiro atoms. The van der Waals surface area contributed by atoms with E-state index < -0.39 is 0 Å². The summed E-state index contributed by atoms with van der Waals surface area (Å²) < 4.78 is 0. The molecule has 1 N–H and O–H groups in total. The molecule has 1 aliphatic carbocycles. The minimum absolute atomic E-state index is 0.0649. The Morgan fingerprint density at radius 2 is 2.08 bits per heavy atom. The van der Waals surface area contributed by atoms with Crippen LogP contribution in [0.5, 0.6) is 0 Å². The Hall–Kier alpha value is -2.10. The van der Waals surface area contributed by atoms with Gasteiger partial charge >= 0.3 is 0 Å². The van der Waals surface area contributed by atoms with Crippen molar-refractivity contribution in [1.29, 1.82) is 0 Å². The standard InChI is InChI=1S/C21H27N3O/c1-13(2)12-14-18(21(14,3)4)20(25)24-11-7-10-17(24)19-22-15-8-5-6-9-16(15)23-19/h5-6,8-9,12,14,17-18H,7,10-11H2,1-4H3,(H,22,23). The predicted octanol–water partition coefficient (Wildman–Crippen LogP) is 4.46. The number of nitrogens with zero attached hydrogens (tertiary/aromatic N) is 2. The number of amides is 1. The molecule has 2 aliphatic rings. The maximum Gasteiger partial charge on any atom is 0.227 e. The molecular weight excluding hydrogens is 310 g/mol. The summed E-state index contributed by atoms with van der Waals surface area (Å²) in [5, 5.41) is 0. The molecule has 3 unspecified atom stereocenters. The van der Waals surface area contributed by atoms with E-state index in [1.807, 2.05) is 24.3 Å². The molecule has 0 radical (unpaired) electrons. The van der Waals surface area contributed by atoms with Crippen LogP contribution in [0.4, 0.5) is 0 Å². The zero-order valence-electron chi connectivity index (χ0n) is 15.5. The molecule has 25 heavy (non-hydrogen) atoms. The molecule has 4 nitrogen and oxygen atoms in total. The molecule has 3 atom stereocenters. The number of imidazole rings is 1. The van der Waals surface area contributed by atoms with E-state index in [4.69, 9.17) is 4.98 Å². The van der Waals surface area contributed by atoms with Crippen LogP contribution in [0.2, 0.25) is 0 Å². The number of carbonyl (C=O) groups excluding carboxylic acids is 1. The smallest absolute Gasteiger partial charge is 0.227 e. The normalized spacial score (nSPS) is 27.5. The van der Waals surface area contributed by atoms with E-state index in [9.17, 15) is 4.79 Å². The number of benzene rings is 1. The molecule has 1 saturated carbocycles. The molecule has 2 heterocycles. The van der Waals surface area contributed by atoms with Gasteiger partial charge in [0.05, 0.1) is 23.0 Å². The molecule has 0 bridgehead atoms. The first-order valence-electron chi connectivity index (χ1n) is 9.30. The van der Waals surface area contributed by atoms with Crippen LogP contribution in [-0.4, -0.2) is 27.3 Å². The van der Waals surface area contributed by atoms with Crippen molar-refractivity contribution in [3.63, 3.8) is 0 Å². The van der Waals surface area contributed by atoms with Crippen molar-refractivity contribution in [3.8, 4) is 0 Å². The van der Waals surface area contributed by atoms with Gasteiger partial charge in [-0.2, -0.15) is 0 Å². The highest BCUT2D eigenvalue weighted by molar-refractivity contribution is 5.84. The SMILES string of the molecule is CC(C)=CC1C(C(=O)N2CCCC2c2nc3ccccc3[nH]2)C1(C)C. The average molecular weight is 337 g/mol. The first-order chi connectivity index (χ1) is 11.9. The van der Waals surface area contributed by atoms with E-state index in [0.717, 1.165) is 36.2 Å². The maximum absolute atomic E-state index is 13.3. The Bertz CT molecular complexity index is 811. The van der Waals surface area contributed by atoms with Crippen molar-refractivity contribution in [3.05, 3.63) is 41.7 Å². The second-order valence-electron chi connectivity index (χ2n) is 8.40. The number of hydrogen-bond donors (Lipinski definition) is 1. The van der Waals surface area contributed by atoms with Gasteiger partial charge in [-0.15, -0.1) is 0 Å². The second-order valence-corrected chi connectivity index (χ2v) is 8.40. The van der Waals surface area contributed by atoms with Gasteiger partial charge in [-0.25, -0.2) is 4.98 Å². The zero-order valence-corrected chi connectivity index (χ0v) is 15.5. The number of rotatable bonds is 3. The van der Waals surface area contributed by atoms with Crippen molar-refractivity contribution in [2.24, 2.45) is 17.3 Å². The summed E-state index contributed by atoms with van der Waals surface area (Å²) in [6.07, 6.45) is 4.31. The van der Waals surface area contributed by atoms with Gasteiger partial charge in [0.15, 0.2) is 0 Å². The summed E-state index contributed by atoms with van der Waals surface area (Å²) in [5.74, 6) is 1.70. The first kappa shape index (κ1) is 16.4. The van der Waals surface area contributed by atoms with Gasteiger partial charge in [0.1, 0.15) is 5.82 Å². The topological polar surface area (TPSA) is 49.0 Å². The summed E-state index contributed by atoms with van der Waals surface area (Å²) >= 11 is 0. The van der Waals surface area contributed by atoms with E-state index in [1.165, 1.54) is 5.57 Å². The summed E-state index contributed by atoms with van der Waals surface area (Å²) in [7, 11) is 0. The highest BCUT2D eigenvalue weighted by Crippen LogP contribution is 2.60. The maximum atomic E-state index is 13.3. The Kier molecular flexibility index (Phi) is 3.75. The van der Waals surface area contributed by atoms with Gasteiger partial charge in [0, 0.05) is 6.54 Å². The van der Waals surface area contributed by atoms with E-state index in [1.54, 1.807) is 0 Å². The lowest BCUT2D eigenvalue weighted by Crippen LogP contribution is -2.33. The summed E-state index contributed by atoms with van der Waals surface area (Å²) in [4.78, 5) is 23.5. The van der Waals surface area contributed by atoms with Gasteiger partial charge in [-0.3, -0.25) is 4.79 Å². The van der Waals surface area contributed by atoms with Crippen LogP contribution >= 0.6 is 0 Å². The molecule has 1 saturated heterocycles. The number of fused-ring (bicyclic) bond motifs is 1. The first-order valence-corrected chi connectivity index (χ1v) is 9.30. The Morgan fingerprint density at radius 1 is 1.32 bits per heavy atom. The van der Waals surface area contributed by atoms with Crippen LogP contribution in [0, 0.1) is 17.3 Å². The van der Waals surface area contributed by atoms with Crippen molar-refractivity contribution >= 4 is 16.9 Å². The van der Waals surface area contributed by atoms with Gasteiger partial charge < -0.3 is 9.88 Å². The van der Waals surface area contributed by atoms with Crippen LogP contribution in [-0.2, 0) is 4.79 Å². The van der Waals surface area contributed by atoms with Crippen molar-refractivity contribution in [1.82, 2.24) is 14.9 Å². The number of aromatic amines is 1. The van der Waals surface area contributed by atoms with E-state index in [0.29, 0.717) is 11.8 Å². The summed E-state index contributed by atoms with van der Waals surface area (Å²) in [5.41, 5.74) is 3.38. The molecule has 4 heteroatoms. The highest BCUT2D eigenvalue weighted by Gasteiger charge is 2.62. The van der Waals surface area contributed by atoms with Gasteiger partial charge in [-0.1, -0.05) is 37.6 Å². The van der Waals surface area contributed by atoms with E-state index >= 15 is 0 Å². The Labute approximate surface area is 149 Å². The minimum Gasteiger partial charge on any atom is -0.340 e. The van der Waals surface area contributed by atoms with Crippen LogP contribution < -0.4 is 0 Å². The van der Waals surface area contributed by atoms with Crippen LogP contribution in [0.3, 0.4) is 0 Å². The average Bonchev–Trinajstić information content (AvgIpc) is 2.99.